The lowest BCUT2D eigenvalue weighted by atomic mass is 10.1. The zero-order valence-electron chi connectivity index (χ0n) is 12.0. The Labute approximate surface area is 128 Å². The van der Waals surface area contributed by atoms with Crippen LogP contribution in [-0.4, -0.2) is 31.7 Å². The normalized spacial score (nSPS) is 16.1. The highest BCUT2D eigenvalue weighted by Crippen LogP contribution is 2.27. The van der Waals surface area contributed by atoms with E-state index in [9.17, 15) is 4.79 Å². The Balaban J connectivity index is 1.88. The molecule has 0 unspecified atom stereocenters. The molecule has 0 saturated carbocycles. The lowest BCUT2D eigenvalue weighted by molar-refractivity contribution is -0.123. The molecule has 1 heterocycles. The highest BCUT2D eigenvalue weighted by atomic mass is 79.9. The van der Waals surface area contributed by atoms with E-state index in [1.165, 1.54) is 5.56 Å². The maximum absolute atomic E-state index is 12.0. The number of rotatable bonds is 4. The summed E-state index contributed by atoms with van der Waals surface area (Å²) in [5.74, 6) is -0.101. The number of nitrogens with one attached hydrogen (secondary N) is 2. The lowest BCUT2D eigenvalue weighted by Crippen LogP contribution is -2.34. The summed E-state index contributed by atoms with van der Waals surface area (Å²) in [5.41, 5.74) is 3.04. The molecule has 1 aromatic carbocycles. The fourth-order valence-electron chi connectivity index (χ4n) is 2.41. The first kappa shape index (κ1) is 15.5. The molecule has 2 N–H and O–H groups in total. The molecule has 0 spiro atoms. The molecule has 2 rings (SSSR count). The third-order valence-electron chi connectivity index (χ3n) is 3.43. The van der Waals surface area contributed by atoms with Crippen LogP contribution in [0.5, 0.6) is 0 Å². The van der Waals surface area contributed by atoms with E-state index in [0.717, 1.165) is 41.7 Å². The summed E-state index contributed by atoms with van der Waals surface area (Å²) in [4.78, 5) is 12.0. The van der Waals surface area contributed by atoms with E-state index in [-0.39, 0.29) is 18.6 Å². The van der Waals surface area contributed by atoms with Crippen LogP contribution in [0.1, 0.15) is 24.0 Å². The van der Waals surface area contributed by atoms with Crippen molar-refractivity contribution in [2.24, 2.45) is 0 Å². The van der Waals surface area contributed by atoms with Gasteiger partial charge < -0.3 is 15.4 Å². The first-order valence-corrected chi connectivity index (χ1v) is 7.74. The number of hydrogen-bond acceptors (Lipinski definition) is 3. The molecule has 5 heteroatoms. The monoisotopic (exact) mass is 340 g/mol. The molecule has 4 nitrogen and oxygen atoms in total. The number of halogens is 1. The van der Waals surface area contributed by atoms with Crippen molar-refractivity contribution >= 4 is 27.5 Å². The van der Waals surface area contributed by atoms with Gasteiger partial charge >= 0.3 is 0 Å². The number of amides is 1. The molecule has 1 aliphatic rings. The van der Waals surface area contributed by atoms with E-state index in [2.05, 4.69) is 26.6 Å². The minimum atomic E-state index is -0.101. The van der Waals surface area contributed by atoms with Crippen LogP contribution in [-0.2, 0) is 9.53 Å². The number of carbonyl (C=O) groups excluding carboxylic acids is 1. The summed E-state index contributed by atoms with van der Waals surface area (Å²) in [6.07, 6.45) is 2.14. The fourth-order valence-corrected chi connectivity index (χ4v) is 3.18. The molecule has 0 radical (unpaired) electrons. The van der Waals surface area contributed by atoms with Crippen LogP contribution in [0, 0.1) is 13.8 Å². The van der Waals surface area contributed by atoms with Gasteiger partial charge in [-0.05, 0) is 72.9 Å². The first-order valence-electron chi connectivity index (χ1n) is 6.95. The molecule has 1 fully saturated rings. The highest BCUT2D eigenvalue weighted by Gasteiger charge is 2.15. The van der Waals surface area contributed by atoms with E-state index >= 15 is 0 Å². The average molecular weight is 341 g/mol. The lowest BCUT2D eigenvalue weighted by Gasteiger charge is -2.22. The van der Waals surface area contributed by atoms with Crippen molar-refractivity contribution in [3.8, 4) is 0 Å². The Hall–Kier alpha value is -0.910. The second-order valence-electron chi connectivity index (χ2n) is 5.25. The number of benzene rings is 1. The van der Waals surface area contributed by atoms with Crippen LogP contribution in [0.3, 0.4) is 0 Å². The molecule has 0 atom stereocenters. The highest BCUT2D eigenvalue weighted by molar-refractivity contribution is 9.10. The topological polar surface area (TPSA) is 50.4 Å². The Kier molecular flexibility index (Phi) is 5.57. The maximum atomic E-state index is 12.0. The van der Waals surface area contributed by atoms with Gasteiger partial charge in [-0.3, -0.25) is 4.79 Å². The van der Waals surface area contributed by atoms with E-state index < -0.39 is 0 Å². The molecule has 20 heavy (non-hydrogen) atoms. The molecule has 1 aromatic rings. The molecule has 0 bridgehead atoms. The van der Waals surface area contributed by atoms with Crippen LogP contribution >= 0.6 is 15.9 Å². The van der Waals surface area contributed by atoms with Crippen LogP contribution in [0.15, 0.2) is 16.6 Å². The smallest absolute Gasteiger partial charge is 0.250 e. The zero-order valence-corrected chi connectivity index (χ0v) is 13.5. The van der Waals surface area contributed by atoms with Gasteiger partial charge in [-0.1, -0.05) is 6.07 Å². The predicted octanol–water partition coefficient (Wildman–Crippen LogP) is 2.77. The molecule has 0 aliphatic carbocycles. The van der Waals surface area contributed by atoms with Gasteiger partial charge in [0.25, 0.3) is 0 Å². The number of carbonyl (C=O) groups is 1. The van der Waals surface area contributed by atoms with Crippen molar-refractivity contribution in [3.63, 3.8) is 0 Å². The third-order valence-corrected chi connectivity index (χ3v) is 4.06. The summed E-state index contributed by atoms with van der Waals surface area (Å²) < 4.78 is 6.56. The van der Waals surface area contributed by atoms with Crippen LogP contribution in [0.25, 0.3) is 0 Å². The number of anilines is 1. The SMILES string of the molecule is Cc1cc(C)c(NC(=O)COC2CCNCC2)c(Br)c1. The minimum Gasteiger partial charge on any atom is -0.368 e. The Morgan fingerprint density at radius 3 is 2.75 bits per heavy atom. The van der Waals surface area contributed by atoms with Crippen molar-refractivity contribution in [2.75, 3.05) is 25.0 Å². The Morgan fingerprint density at radius 2 is 2.10 bits per heavy atom. The summed E-state index contributed by atoms with van der Waals surface area (Å²) in [5, 5.41) is 6.19. The van der Waals surface area contributed by atoms with Gasteiger partial charge in [0, 0.05) is 4.47 Å². The molecule has 110 valence electrons. The van der Waals surface area contributed by atoms with Gasteiger partial charge in [0.05, 0.1) is 11.8 Å². The average Bonchev–Trinajstić information content (AvgIpc) is 2.42. The Bertz CT molecular complexity index is 462. The summed E-state index contributed by atoms with van der Waals surface area (Å²) >= 11 is 3.49. The minimum absolute atomic E-state index is 0.101. The molecule has 1 saturated heterocycles. The third kappa shape index (κ3) is 4.30. The number of piperidine rings is 1. The predicted molar refractivity (Wildman–Crippen MR) is 84.1 cm³/mol. The van der Waals surface area contributed by atoms with Crippen molar-refractivity contribution in [3.05, 3.63) is 27.7 Å². The van der Waals surface area contributed by atoms with E-state index in [1.807, 2.05) is 26.0 Å². The molecular formula is C15H21BrN2O2. The van der Waals surface area contributed by atoms with Gasteiger partial charge in [0.2, 0.25) is 5.91 Å². The fraction of sp³-hybridized carbons (Fsp3) is 0.533. The molecule has 1 aliphatic heterocycles. The van der Waals surface area contributed by atoms with E-state index in [0.29, 0.717) is 0 Å². The number of ether oxygens (including phenoxy) is 1. The van der Waals surface area contributed by atoms with Gasteiger partial charge in [-0.2, -0.15) is 0 Å². The second-order valence-corrected chi connectivity index (χ2v) is 6.10. The summed E-state index contributed by atoms with van der Waals surface area (Å²) in [7, 11) is 0. The van der Waals surface area contributed by atoms with Crippen molar-refractivity contribution < 1.29 is 9.53 Å². The summed E-state index contributed by atoms with van der Waals surface area (Å²) in [6.45, 7) is 6.07. The van der Waals surface area contributed by atoms with Crippen LogP contribution in [0.4, 0.5) is 5.69 Å². The van der Waals surface area contributed by atoms with E-state index in [4.69, 9.17) is 4.74 Å². The van der Waals surface area contributed by atoms with Crippen LogP contribution in [0.2, 0.25) is 0 Å². The van der Waals surface area contributed by atoms with Gasteiger partial charge in [0.1, 0.15) is 6.61 Å². The molecule has 1 amide bonds. The number of hydrogen-bond donors (Lipinski definition) is 2. The van der Waals surface area contributed by atoms with Gasteiger partial charge in [0.15, 0.2) is 0 Å². The maximum Gasteiger partial charge on any atom is 0.250 e. The van der Waals surface area contributed by atoms with Crippen molar-refractivity contribution in [2.45, 2.75) is 32.8 Å². The molecule has 0 aromatic heterocycles. The number of aryl methyl sites for hydroxylation is 2. The van der Waals surface area contributed by atoms with Crippen molar-refractivity contribution in [1.82, 2.24) is 5.32 Å². The van der Waals surface area contributed by atoms with Crippen molar-refractivity contribution in [1.29, 1.82) is 0 Å². The summed E-state index contributed by atoms with van der Waals surface area (Å²) in [6, 6.07) is 4.05. The van der Waals surface area contributed by atoms with Gasteiger partial charge in [-0.15, -0.1) is 0 Å². The Morgan fingerprint density at radius 1 is 1.40 bits per heavy atom. The standard InChI is InChI=1S/C15H21BrN2O2/c1-10-7-11(2)15(13(16)8-10)18-14(19)9-20-12-3-5-17-6-4-12/h7-8,12,17H,3-6,9H2,1-2H3,(H,18,19). The first-order chi connectivity index (χ1) is 9.56. The quantitative estimate of drug-likeness (QED) is 0.885. The second kappa shape index (κ2) is 7.20. The zero-order chi connectivity index (χ0) is 14.5. The van der Waals surface area contributed by atoms with E-state index in [1.54, 1.807) is 0 Å². The van der Waals surface area contributed by atoms with Gasteiger partial charge in [-0.25, -0.2) is 0 Å². The molecular weight excluding hydrogens is 320 g/mol. The van der Waals surface area contributed by atoms with Crippen LogP contribution < -0.4 is 10.6 Å². The largest absolute Gasteiger partial charge is 0.368 e.